The van der Waals surface area contributed by atoms with Gasteiger partial charge in [0.1, 0.15) is 5.75 Å². The van der Waals surface area contributed by atoms with Crippen molar-refractivity contribution in [1.29, 1.82) is 0 Å². The molecule has 0 amide bonds. The van der Waals surface area contributed by atoms with E-state index in [2.05, 4.69) is 33.0 Å². The number of hydrogen-bond acceptors (Lipinski definition) is 4. The average Bonchev–Trinajstić information content (AvgIpc) is 2.61. The van der Waals surface area contributed by atoms with Crippen LogP contribution in [0, 0.1) is 0 Å². The summed E-state index contributed by atoms with van der Waals surface area (Å²) in [7, 11) is 0. The minimum atomic E-state index is -0.380. The van der Waals surface area contributed by atoms with E-state index < -0.39 is 0 Å². The molecule has 122 valence electrons. The second kappa shape index (κ2) is 7.93. The highest BCUT2D eigenvalue weighted by Gasteiger charge is 2.07. The highest BCUT2D eigenvalue weighted by molar-refractivity contribution is 9.10. The fourth-order valence-corrected chi connectivity index (χ4v) is 2.64. The van der Waals surface area contributed by atoms with Crippen LogP contribution < -0.4 is 4.74 Å². The summed E-state index contributed by atoms with van der Waals surface area (Å²) in [5.41, 5.74) is 0.430. The first-order chi connectivity index (χ1) is 11.7. The Labute approximate surface area is 148 Å². The first-order valence-corrected chi connectivity index (χ1v) is 8.41. The zero-order valence-electron chi connectivity index (χ0n) is 12.9. The number of benzene rings is 2. The molecule has 0 unspecified atom stereocenters. The zero-order chi connectivity index (χ0) is 16.8. The summed E-state index contributed by atoms with van der Waals surface area (Å²) in [5, 5.41) is 2.32. The standard InChI is InChI=1S/C19H16BrNO3/c20-17-10-16(12-21-13-17)19(22)24-9-3-8-23-18-7-6-14-4-1-2-5-15(14)11-18/h1-2,4-7,10-13H,3,8-9H2. The Morgan fingerprint density at radius 3 is 2.67 bits per heavy atom. The van der Waals surface area contributed by atoms with Crippen LogP contribution in [0.2, 0.25) is 0 Å². The van der Waals surface area contributed by atoms with Crippen molar-refractivity contribution in [3.63, 3.8) is 0 Å². The molecule has 0 saturated heterocycles. The molecule has 2 aromatic carbocycles. The Morgan fingerprint density at radius 2 is 1.83 bits per heavy atom. The predicted molar refractivity (Wildman–Crippen MR) is 96.3 cm³/mol. The lowest BCUT2D eigenvalue weighted by Crippen LogP contribution is -2.09. The minimum absolute atomic E-state index is 0.304. The van der Waals surface area contributed by atoms with Crippen LogP contribution in [0.4, 0.5) is 0 Å². The molecule has 3 aromatic rings. The van der Waals surface area contributed by atoms with E-state index in [1.54, 1.807) is 12.3 Å². The summed E-state index contributed by atoms with van der Waals surface area (Å²) in [6, 6.07) is 15.8. The lowest BCUT2D eigenvalue weighted by Gasteiger charge is -2.08. The molecular weight excluding hydrogens is 370 g/mol. The van der Waals surface area contributed by atoms with E-state index in [4.69, 9.17) is 9.47 Å². The van der Waals surface area contributed by atoms with E-state index >= 15 is 0 Å². The van der Waals surface area contributed by atoms with Gasteiger partial charge in [-0.2, -0.15) is 0 Å². The van der Waals surface area contributed by atoms with Crippen LogP contribution in [0.1, 0.15) is 16.8 Å². The summed E-state index contributed by atoms with van der Waals surface area (Å²) >= 11 is 3.28. The van der Waals surface area contributed by atoms with E-state index in [-0.39, 0.29) is 5.97 Å². The first-order valence-electron chi connectivity index (χ1n) is 7.62. The Balaban J connectivity index is 1.44. The van der Waals surface area contributed by atoms with Gasteiger partial charge in [-0.15, -0.1) is 0 Å². The smallest absolute Gasteiger partial charge is 0.339 e. The highest BCUT2D eigenvalue weighted by Crippen LogP contribution is 2.20. The number of halogens is 1. The molecular formula is C19H16BrNO3. The van der Waals surface area contributed by atoms with Crippen molar-refractivity contribution in [2.75, 3.05) is 13.2 Å². The van der Waals surface area contributed by atoms with Crippen LogP contribution in [0.5, 0.6) is 5.75 Å². The number of carbonyl (C=O) groups is 1. The van der Waals surface area contributed by atoms with Gasteiger partial charge in [0.15, 0.2) is 0 Å². The van der Waals surface area contributed by atoms with Crippen molar-refractivity contribution in [2.24, 2.45) is 0 Å². The van der Waals surface area contributed by atoms with Crippen LogP contribution in [-0.4, -0.2) is 24.2 Å². The predicted octanol–water partition coefficient (Wildman–Crippen LogP) is 4.62. The maximum atomic E-state index is 11.9. The van der Waals surface area contributed by atoms with Crippen molar-refractivity contribution < 1.29 is 14.3 Å². The van der Waals surface area contributed by atoms with Gasteiger partial charge in [-0.3, -0.25) is 4.98 Å². The molecule has 0 aliphatic rings. The highest BCUT2D eigenvalue weighted by atomic mass is 79.9. The fraction of sp³-hybridized carbons (Fsp3) is 0.158. The Kier molecular flexibility index (Phi) is 5.43. The fourth-order valence-electron chi connectivity index (χ4n) is 2.28. The van der Waals surface area contributed by atoms with E-state index in [9.17, 15) is 4.79 Å². The van der Waals surface area contributed by atoms with Crippen LogP contribution in [-0.2, 0) is 4.74 Å². The van der Waals surface area contributed by atoms with E-state index in [1.165, 1.54) is 11.6 Å². The number of esters is 1. The Morgan fingerprint density at radius 1 is 1.00 bits per heavy atom. The monoisotopic (exact) mass is 385 g/mol. The zero-order valence-corrected chi connectivity index (χ0v) is 14.5. The third-order valence-corrected chi connectivity index (χ3v) is 3.89. The Bertz CT molecular complexity index is 851. The number of pyridine rings is 1. The quantitative estimate of drug-likeness (QED) is 0.458. The minimum Gasteiger partial charge on any atom is -0.493 e. The van der Waals surface area contributed by atoms with Crippen LogP contribution in [0.15, 0.2) is 65.4 Å². The molecule has 3 rings (SSSR count). The number of nitrogens with zero attached hydrogens (tertiary/aromatic N) is 1. The summed E-state index contributed by atoms with van der Waals surface area (Å²) < 4.78 is 11.7. The molecule has 5 heteroatoms. The van der Waals surface area contributed by atoms with Gasteiger partial charge < -0.3 is 9.47 Å². The Hall–Kier alpha value is -2.40. The molecule has 1 heterocycles. The maximum absolute atomic E-state index is 11.9. The van der Waals surface area contributed by atoms with Crippen molar-refractivity contribution in [2.45, 2.75) is 6.42 Å². The summed E-state index contributed by atoms with van der Waals surface area (Å²) in [5.74, 6) is 0.436. The summed E-state index contributed by atoms with van der Waals surface area (Å²) in [4.78, 5) is 15.8. The molecule has 24 heavy (non-hydrogen) atoms. The molecule has 0 fully saturated rings. The van der Waals surface area contributed by atoms with Crippen molar-refractivity contribution >= 4 is 32.7 Å². The molecule has 1 aromatic heterocycles. The molecule has 4 nitrogen and oxygen atoms in total. The third-order valence-electron chi connectivity index (χ3n) is 3.45. The maximum Gasteiger partial charge on any atom is 0.339 e. The largest absolute Gasteiger partial charge is 0.493 e. The van der Waals surface area contributed by atoms with Crippen molar-refractivity contribution in [3.05, 3.63) is 71.0 Å². The number of fused-ring (bicyclic) bond motifs is 1. The van der Waals surface area contributed by atoms with Crippen LogP contribution >= 0.6 is 15.9 Å². The van der Waals surface area contributed by atoms with Gasteiger partial charge in [0, 0.05) is 23.3 Å². The average molecular weight is 386 g/mol. The third kappa shape index (κ3) is 4.32. The molecule has 0 aliphatic heterocycles. The number of rotatable bonds is 6. The van der Waals surface area contributed by atoms with Crippen LogP contribution in [0.25, 0.3) is 10.8 Å². The van der Waals surface area contributed by atoms with Crippen LogP contribution in [0.3, 0.4) is 0 Å². The second-order valence-corrected chi connectivity index (χ2v) is 6.15. The number of carbonyl (C=O) groups excluding carboxylic acids is 1. The molecule has 0 radical (unpaired) electrons. The molecule has 0 atom stereocenters. The van der Waals surface area contributed by atoms with Gasteiger partial charge in [0.2, 0.25) is 0 Å². The van der Waals surface area contributed by atoms with E-state index in [0.29, 0.717) is 25.2 Å². The topological polar surface area (TPSA) is 48.4 Å². The molecule has 0 bridgehead atoms. The molecule has 0 N–H and O–H groups in total. The first kappa shape index (κ1) is 16.5. The van der Waals surface area contributed by atoms with Gasteiger partial charge in [0.05, 0.1) is 18.8 Å². The molecule has 0 saturated carbocycles. The molecule has 0 spiro atoms. The summed E-state index contributed by atoms with van der Waals surface area (Å²) in [6.07, 6.45) is 3.73. The lowest BCUT2D eigenvalue weighted by atomic mass is 10.1. The lowest BCUT2D eigenvalue weighted by molar-refractivity contribution is 0.0485. The van der Waals surface area contributed by atoms with Crippen molar-refractivity contribution in [3.8, 4) is 5.75 Å². The van der Waals surface area contributed by atoms with E-state index in [1.807, 2.05) is 30.3 Å². The van der Waals surface area contributed by atoms with Gasteiger partial charge in [-0.05, 0) is 44.9 Å². The van der Waals surface area contributed by atoms with Gasteiger partial charge in [-0.1, -0.05) is 30.3 Å². The summed E-state index contributed by atoms with van der Waals surface area (Å²) in [6.45, 7) is 0.793. The van der Waals surface area contributed by atoms with Gasteiger partial charge in [0.25, 0.3) is 0 Å². The van der Waals surface area contributed by atoms with Gasteiger partial charge in [-0.25, -0.2) is 4.79 Å². The normalized spacial score (nSPS) is 10.5. The second-order valence-electron chi connectivity index (χ2n) is 5.24. The van der Waals surface area contributed by atoms with Crippen molar-refractivity contribution in [1.82, 2.24) is 4.98 Å². The number of ether oxygens (including phenoxy) is 2. The SMILES string of the molecule is O=C(OCCCOc1ccc2ccccc2c1)c1cncc(Br)c1. The number of aromatic nitrogens is 1. The molecule has 0 aliphatic carbocycles. The number of hydrogen-bond donors (Lipinski definition) is 0. The van der Waals surface area contributed by atoms with E-state index in [0.717, 1.165) is 15.6 Å². The van der Waals surface area contributed by atoms with Gasteiger partial charge >= 0.3 is 5.97 Å².